The monoisotopic (exact) mass is 1150 g/mol. The summed E-state index contributed by atoms with van der Waals surface area (Å²) in [6, 6.07) is 4.83. The fourth-order valence-electron chi connectivity index (χ4n) is 9.83. The highest BCUT2D eigenvalue weighted by molar-refractivity contribution is 7.99. The molecule has 6 amide bonds. The number of carbonyl (C=O) groups is 9. The minimum Gasteiger partial charge on any atom is -0.459 e. The molecule has 0 saturated carbocycles. The van der Waals surface area contributed by atoms with Crippen LogP contribution in [0.3, 0.4) is 0 Å². The number of anilines is 1. The second kappa shape index (κ2) is 34.5. The number of allylic oxidation sites excluding steroid dienone is 2. The highest BCUT2D eigenvalue weighted by Crippen LogP contribution is 2.43. The van der Waals surface area contributed by atoms with Gasteiger partial charge in [-0.3, -0.25) is 33.6 Å². The molecule has 0 radical (unpaired) electrons. The van der Waals surface area contributed by atoms with Gasteiger partial charge in [-0.25, -0.2) is 9.59 Å². The smallest absolute Gasteiger partial charge is 0.407 e. The molecule has 3 aliphatic rings. The highest BCUT2D eigenvalue weighted by Gasteiger charge is 2.58. The van der Waals surface area contributed by atoms with Crippen LogP contribution < -0.4 is 32.3 Å². The summed E-state index contributed by atoms with van der Waals surface area (Å²) in [5, 5.41) is 24.9. The molecule has 21 nitrogen and oxygen atoms in total. The number of rotatable bonds is 34. The number of thioether (sulfide) groups is 1. The summed E-state index contributed by atoms with van der Waals surface area (Å²) in [6.45, 7) is 12.6. The molecule has 11 atom stereocenters. The second-order valence-corrected chi connectivity index (χ2v) is 22.8. The van der Waals surface area contributed by atoms with Crippen molar-refractivity contribution < 1.29 is 71.9 Å². The number of esters is 1. The zero-order valence-corrected chi connectivity index (χ0v) is 49.2. The van der Waals surface area contributed by atoms with Gasteiger partial charge in [0.2, 0.25) is 17.7 Å². The van der Waals surface area contributed by atoms with Crippen LogP contribution in [0.1, 0.15) is 138 Å². The van der Waals surface area contributed by atoms with Crippen molar-refractivity contribution in [3.63, 3.8) is 0 Å². The van der Waals surface area contributed by atoms with Crippen molar-refractivity contribution in [2.24, 2.45) is 23.5 Å². The molecule has 450 valence electrons. The van der Waals surface area contributed by atoms with E-state index in [1.165, 1.54) is 30.8 Å². The number of carbonyl (C=O) groups excluding carboxylic acids is 9. The van der Waals surface area contributed by atoms with Crippen LogP contribution in [0.4, 0.5) is 15.3 Å². The van der Waals surface area contributed by atoms with E-state index in [1.807, 2.05) is 46.1 Å². The number of aliphatic hydroxyl groups excluding tert-OH is 1. The Bertz CT molecular complexity index is 2370. The van der Waals surface area contributed by atoms with E-state index in [0.29, 0.717) is 62.1 Å². The third kappa shape index (κ3) is 25.0. The SMILES string of the molecule is CSCC(=O)CCCCCCC(=O)N[C@H](C(=O)C[C@@H](CCCNC(N)=O)C(=O)Nc1ccc(COC(=O)NCC(=O)C[C@@H]2C[C@@]3(CO3)[C@H](O)[C@@H](/C=C/C(C)=C/C[C@@H]3O[C@H](C)[C@H](NC(=O)/C=C\[C@H](C)OC(C)=O)C[C@@H]3C)O2)cc1)C(C)C. The lowest BCUT2D eigenvalue weighted by Gasteiger charge is -2.39. The number of nitrogens with two attached hydrogens (primary N) is 1. The van der Waals surface area contributed by atoms with Crippen molar-refractivity contribution in [3.05, 3.63) is 65.8 Å². The third-order valence-electron chi connectivity index (χ3n) is 14.5. The van der Waals surface area contributed by atoms with Gasteiger partial charge in [0.15, 0.2) is 11.6 Å². The Hall–Kier alpha value is -5.94. The average Bonchev–Trinajstić information content (AvgIpc) is 4.26. The molecule has 0 aromatic heterocycles. The van der Waals surface area contributed by atoms with Gasteiger partial charge in [0.25, 0.3) is 0 Å². The summed E-state index contributed by atoms with van der Waals surface area (Å²) in [5.74, 6) is -2.19. The molecule has 22 heteroatoms. The fraction of sp³-hybridized carbons (Fsp3) is 0.644. The number of ether oxygens (including phenoxy) is 5. The topological polar surface area (TPSA) is 309 Å². The quantitative estimate of drug-likeness (QED) is 0.0132. The Morgan fingerprint density at radius 1 is 0.914 bits per heavy atom. The summed E-state index contributed by atoms with van der Waals surface area (Å²) in [4.78, 5) is 113. The number of unbranched alkanes of at least 4 members (excludes halogenated alkanes) is 3. The Morgan fingerprint density at radius 3 is 2.27 bits per heavy atom. The second-order valence-electron chi connectivity index (χ2n) is 22.0. The van der Waals surface area contributed by atoms with Crippen molar-refractivity contribution in [3.8, 4) is 0 Å². The minimum absolute atomic E-state index is 0.0377. The highest BCUT2D eigenvalue weighted by atomic mass is 32.2. The maximum absolute atomic E-state index is 13.7. The van der Waals surface area contributed by atoms with Crippen LogP contribution in [0.5, 0.6) is 0 Å². The van der Waals surface area contributed by atoms with Gasteiger partial charge in [-0.2, -0.15) is 11.8 Å². The number of hydrogen-bond acceptors (Lipinski definition) is 16. The van der Waals surface area contributed by atoms with Crippen LogP contribution >= 0.6 is 11.8 Å². The van der Waals surface area contributed by atoms with Gasteiger partial charge in [0, 0.05) is 63.3 Å². The normalized spacial score (nSPS) is 23.7. The number of ketones is 3. The van der Waals surface area contributed by atoms with Crippen LogP contribution in [-0.4, -0.2) is 144 Å². The Balaban J connectivity index is 1.21. The number of alkyl carbamates (subject to hydrolysis) is 1. The molecule has 3 fully saturated rings. The lowest BCUT2D eigenvalue weighted by Crippen LogP contribution is -2.50. The summed E-state index contributed by atoms with van der Waals surface area (Å²) in [6.07, 6.45) is 12.3. The summed E-state index contributed by atoms with van der Waals surface area (Å²) >= 11 is 1.50. The summed E-state index contributed by atoms with van der Waals surface area (Å²) in [7, 11) is 0. The predicted molar refractivity (Wildman–Crippen MR) is 307 cm³/mol. The van der Waals surface area contributed by atoms with Crippen LogP contribution in [-0.2, 0) is 63.9 Å². The molecule has 0 unspecified atom stereocenters. The van der Waals surface area contributed by atoms with Gasteiger partial charge >= 0.3 is 18.1 Å². The van der Waals surface area contributed by atoms with Gasteiger partial charge in [-0.15, -0.1) is 0 Å². The van der Waals surface area contributed by atoms with E-state index in [1.54, 1.807) is 37.3 Å². The summed E-state index contributed by atoms with van der Waals surface area (Å²) < 4.78 is 28.6. The van der Waals surface area contributed by atoms with Crippen LogP contribution in [0.25, 0.3) is 0 Å². The van der Waals surface area contributed by atoms with Crippen molar-refractivity contribution in [1.82, 2.24) is 21.3 Å². The number of amides is 6. The molecular formula is C59H88N6O15S. The van der Waals surface area contributed by atoms with Crippen molar-refractivity contribution in [1.29, 1.82) is 0 Å². The van der Waals surface area contributed by atoms with Crippen LogP contribution in [0, 0.1) is 17.8 Å². The number of aliphatic hydroxyl groups is 1. The van der Waals surface area contributed by atoms with Gasteiger partial charge in [-0.05, 0) is 101 Å². The number of benzene rings is 1. The minimum atomic E-state index is -0.951. The molecule has 8 N–H and O–H groups in total. The zero-order valence-electron chi connectivity index (χ0n) is 48.4. The predicted octanol–water partition coefficient (Wildman–Crippen LogP) is 6.23. The maximum Gasteiger partial charge on any atom is 0.407 e. The van der Waals surface area contributed by atoms with E-state index in [-0.39, 0.29) is 105 Å². The van der Waals surface area contributed by atoms with Gasteiger partial charge in [-0.1, -0.05) is 69.5 Å². The van der Waals surface area contributed by atoms with E-state index in [4.69, 9.17) is 29.4 Å². The largest absolute Gasteiger partial charge is 0.459 e. The fourth-order valence-corrected chi connectivity index (χ4v) is 10.3. The molecule has 3 heterocycles. The van der Waals surface area contributed by atoms with E-state index in [0.717, 1.165) is 24.8 Å². The van der Waals surface area contributed by atoms with Gasteiger partial charge < -0.3 is 61.1 Å². The number of Topliss-reactive ketones (excluding diaryl/α,β-unsaturated/α-hetero) is 3. The van der Waals surface area contributed by atoms with E-state index >= 15 is 0 Å². The molecule has 0 bridgehead atoms. The molecule has 1 aromatic carbocycles. The number of urea groups is 1. The number of nitrogens with one attached hydrogen (secondary N) is 5. The molecule has 0 aliphatic carbocycles. The standard InChI is InChI=1S/C59H88N6O15S/c1-36(2)54(65-52(70)16-12-10-9-11-15-45(67)34-81-8)49(69)29-43(14-13-27-61-57(60)74)56(73)63-44-22-20-42(21-23-44)33-76-58(75)62-32-46(68)30-47-31-59(35-77-59)55(72)51(80-47)25-18-37(3)17-24-50-38(4)28-48(40(6)79-50)64-53(71)26-19-39(5)78-41(7)66/h17-23,25-26,36,38-40,43,47-48,50-51,54-55,72H,9-16,24,27-35H2,1-8H3,(H,62,75)(H,63,73)(H,64,71)(H,65,70)(H3,60,61,74)/b25-18+,26-19-,37-17+/t38-,39-,40+,43+,47+,48+,50-,51+,54-,55+,59+/m0/s1. The molecule has 1 spiro atoms. The molecule has 81 heavy (non-hydrogen) atoms. The Labute approximate surface area is 481 Å². The van der Waals surface area contributed by atoms with E-state index < -0.39 is 66.0 Å². The number of hydrogen-bond donors (Lipinski definition) is 7. The van der Waals surface area contributed by atoms with Crippen LogP contribution in [0.15, 0.2) is 60.2 Å². The molecule has 3 saturated heterocycles. The molecule has 4 rings (SSSR count). The third-order valence-corrected chi connectivity index (χ3v) is 15.1. The van der Waals surface area contributed by atoms with Crippen molar-refractivity contribution >= 4 is 70.6 Å². The van der Waals surface area contributed by atoms with Crippen molar-refractivity contribution in [2.75, 3.05) is 37.0 Å². The maximum atomic E-state index is 13.7. The first-order chi connectivity index (χ1) is 38.5. The molecule has 1 aromatic rings. The lowest BCUT2D eigenvalue weighted by atomic mass is 9.87. The first-order valence-corrected chi connectivity index (χ1v) is 29.7. The first kappa shape index (κ1) is 67.6. The number of primary amides is 1. The van der Waals surface area contributed by atoms with Crippen molar-refractivity contribution in [2.45, 2.75) is 193 Å². The lowest BCUT2D eigenvalue weighted by molar-refractivity contribution is -0.144. The summed E-state index contributed by atoms with van der Waals surface area (Å²) in [5.41, 5.74) is 6.32. The first-order valence-electron chi connectivity index (χ1n) is 28.3. The Morgan fingerprint density at radius 2 is 1.62 bits per heavy atom. The van der Waals surface area contributed by atoms with E-state index in [2.05, 4.69) is 33.5 Å². The zero-order chi connectivity index (χ0) is 59.6. The van der Waals surface area contributed by atoms with Gasteiger partial charge in [0.05, 0.1) is 49.3 Å². The Kier molecular flexibility index (Phi) is 28.8. The van der Waals surface area contributed by atoms with Gasteiger partial charge in [0.1, 0.15) is 36.3 Å². The molecule has 3 aliphatic heterocycles. The average molecular weight is 1150 g/mol. The number of epoxide rings is 1. The van der Waals surface area contributed by atoms with Crippen LogP contribution in [0.2, 0.25) is 0 Å². The molecular weight excluding hydrogens is 1060 g/mol. The van der Waals surface area contributed by atoms with E-state index in [9.17, 15) is 48.3 Å².